The van der Waals surface area contributed by atoms with Crippen LogP contribution in [-0.4, -0.2) is 10.7 Å². The summed E-state index contributed by atoms with van der Waals surface area (Å²) in [5, 5.41) is 0. The Bertz CT molecular complexity index is 482. The van der Waals surface area contributed by atoms with Crippen LogP contribution in [0.25, 0.3) is 0 Å². The van der Waals surface area contributed by atoms with E-state index in [1.54, 1.807) is 0 Å². The van der Waals surface area contributed by atoms with Crippen molar-refractivity contribution in [3.63, 3.8) is 0 Å². The van der Waals surface area contributed by atoms with Gasteiger partial charge in [0.15, 0.2) is 6.73 Å². The molecular weight excluding hydrogens is 320 g/mol. The van der Waals surface area contributed by atoms with E-state index < -0.39 is 0 Å². The van der Waals surface area contributed by atoms with Crippen molar-refractivity contribution in [1.29, 1.82) is 0 Å². The summed E-state index contributed by atoms with van der Waals surface area (Å²) in [6.45, 7) is 11.2. The molecule has 2 rings (SSSR count). The molecule has 1 heterocycles. The maximum atomic E-state index is 6.36. The van der Waals surface area contributed by atoms with Crippen molar-refractivity contribution < 1.29 is 9.30 Å². The molecule has 0 spiro atoms. The molecule has 0 N–H and O–H groups in total. The van der Waals surface area contributed by atoms with Crippen molar-refractivity contribution >= 4 is 0 Å². The second-order valence-electron chi connectivity index (χ2n) is 8.95. The van der Waals surface area contributed by atoms with Gasteiger partial charge >= 0.3 is 0 Å². The first-order chi connectivity index (χ1) is 12.6. The predicted molar refractivity (Wildman–Crippen MR) is 109 cm³/mol. The first kappa shape index (κ1) is 21.5. The molecular formula is C23H43N2O+. The third-order valence-electron chi connectivity index (χ3n) is 6.17. The minimum atomic E-state index is 0.428. The topological polar surface area (TPSA) is 18.0 Å². The molecule has 1 aliphatic carbocycles. The molecule has 1 aromatic heterocycles. The van der Waals surface area contributed by atoms with Crippen LogP contribution in [0.1, 0.15) is 91.9 Å². The van der Waals surface area contributed by atoms with Crippen molar-refractivity contribution in [3.8, 4) is 0 Å². The third-order valence-corrected chi connectivity index (χ3v) is 6.17. The largest absolute Gasteiger partial charge is 0.338 e. The van der Waals surface area contributed by atoms with Gasteiger partial charge in [-0.1, -0.05) is 66.2 Å². The highest BCUT2D eigenvalue weighted by Gasteiger charge is 2.31. The van der Waals surface area contributed by atoms with Gasteiger partial charge in [-0.05, 0) is 43.4 Å². The van der Waals surface area contributed by atoms with Gasteiger partial charge < -0.3 is 4.74 Å². The fourth-order valence-corrected chi connectivity index (χ4v) is 4.39. The van der Waals surface area contributed by atoms with Crippen LogP contribution in [0.5, 0.6) is 0 Å². The number of rotatable bonds is 12. The molecule has 0 aliphatic heterocycles. The number of nitrogens with zero attached hydrogens (tertiary/aromatic N) is 2. The van der Waals surface area contributed by atoms with E-state index in [0.717, 1.165) is 24.3 Å². The molecule has 3 atom stereocenters. The van der Waals surface area contributed by atoms with Gasteiger partial charge in [0.2, 0.25) is 6.33 Å². The maximum Gasteiger partial charge on any atom is 0.245 e. The summed E-state index contributed by atoms with van der Waals surface area (Å²) in [7, 11) is 0. The minimum absolute atomic E-state index is 0.428. The Balaban J connectivity index is 1.67. The zero-order valence-corrected chi connectivity index (χ0v) is 17.8. The molecule has 1 fully saturated rings. The zero-order valence-electron chi connectivity index (χ0n) is 17.8. The molecule has 1 aliphatic rings. The van der Waals surface area contributed by atoms with Crippen LogP contribution in [0.15, 0.2) is 18.7 Å². The lowest BCUT2D eigenvalue weighted by atomic mass is 9.75. The van der Waals surface area contributed by atoms with Gasteiger partial charge in [-0.25, -0.2) is 9.13 Å². The van der Waals surface area contributed by atoms with Crippen molar-refractivity contribution in [2.45, 2.75) is 111 Å². The van der Waals surface area contributed by atoms with Crippen molar-refractivity contribution in [3.05, 3.63) is 18.7 Å². The average Bonchev–Trinajstić information content (AvgIpc) is 3.07. The molecule has 0 saturated heterocycles. The third kappa shape index (κ3) is 7.42. The molecule has 1 aromatic rings. The van der Waals surface area contributed by atoms with Gasteiger partial charge in [-0.15, -0.1) is 0 Å². The van der Waals surface area contributed by atoms with Gasteiger partial charge in [0.1, 0.15) is 12.4 Å². The second-order valence-corrected chi connectivity index (χ2v) is 8.95. The normalized spacial score (nSPS) is 23.7. The molecule has 0 unspecified atom stereocenters. The van der Waals surface area contributed by atoms with Gasteiger partial charge in [-0.3, -0.25) is 0 Å². The summed E-state index contributed by atoms with van der Waals surface area (Å²) in [5.41, 5.74) is 0. The summed E-state index contributed by atoms with van der Waals surface area (Å²) in [6.07, 6.45) is 20.5. The number of aryl methyl sites for hydroxylation is 1. The monoisotopic (exact) mass is 363 g/mol. The summed E-state index contributed by atoms with van der Waals surface area (Å²) in [4.78, 5) is 0. The Labute approximate surface area is 162 Å². The Morgan fingerprint density at radius 3 is 2.54 bits per heavy atom. The highest BCUT2D eigenvalue weighted by Crippen LogP contribution is 2.35. The molecule has 0 aromatic carbocycles. The van der Waals surface area contributed by atoms with Gasteiger partial charge in [0.25, 0.3) is 0 Å². The van der Waals surface area contributed by atoms with Crippen LogP contribution in [0.4, 0.5) is 0 Å². The second kappa shape index (κ2) is 11.8. The Morgan fingerprint density at radius 2 is 1.81 bits per heavy atom. The highest BCUT2D eigenvalue weighted by atomic mass is 16.5. The molecule has 1 saturated carbocycles. The van der Waals surface area contributed by atoms with Crippen LogP contribution in [0, 0.1) is 17.8 Å². The van der Waals surface area contributed by atoms with E-state index in [2.05, 4.69) is 55.6 Å². The molecule has 150 valence electrons. The molecule has 0 bridgehead atoms. The lowest BCUT2D eigenvalue weighted by Crippen LogP contribution is -2.40. The number of aromatic nitrogens is 2. The molecule has 3 heteroatoms. The summed E-state index contributed by atoms with van der Waals surface area (Å²) < 4.78 is 10.9. The quantitative estimate of drug-likeness (QED) is 0.331. The minimum Gasteiger partial charge on any atom is -0.338 e. The van der Waals surface area contributed by atoms with Gasteiger partial charge in [0, 0.05) is 0 Å². The van der Waals surface area contributed by atoms with Crippen LogP contribution in [-0.2, 0) is 18.0 Å². The van der Waals surface area contributed by atoms with Crippen LogP contribution in [0.2, 0.25) is 0 Å². The lowest BCUT2D eigenvalue weighted by Gasteiger charge is -2.36. The van der Waals surface area contributed by atoms with Crippen LogP contribution in [0.3, 0.4) is 0 Å². The fourth-order valence-electron chi connectivity index (χ4n) is 4.39. The zero-order chi connectivity index (χ0) is 18.8. The average molecular weight is 364 g/mol. The number of ether oxygens (including phenoxy) is 1. The van der Waals surface area contributed by atoms with E-state index in [1.807, 2.05) is 0 Å². The van der Waals surface area contributed by atoms with Crippen LogP contribution >= 0.6 is 0 Å². The number of unbranched alkanes of at least 4 members (excludes halogenated alkanes) is 6. The van der Waals surface area contributed by atoms with Crippen LogP contribution < -0.4 is 4.57 Å². The van der Waals surface area contributed by atoms with E-state index >= 15 is 0 Å². The highest BCUT2D eigenvalue weighted by molar-refractivity contribution is 4.80. The Kier molecular flexibility index (Phi) is 9.74. The molecule has 0 amide bonds. The van der Waals surface area contributed by atoms with E-state index in [9.17, 15) is 0 Å². The number of hydrogen-bond donors (Lipinski definition) is 0. The predicted octanol–water partition coefficient (Wildman–Crippen LogP) is 5.96. The molecule has 3 nitrogen and oxygen atoms in total. The maximum absolute atomic E-state index is 6.36. The first-order valence-electron chi connectivity index (χ1n) is 11.3. The lowest BCUT2D eigenvalue weighted by molar-refractivity contribution is -0.735. The molecule has 26 heavy (non-hydrogen) atoms. The van der Waals surface area contributed by atoms with E-state index in [0.29, 0.717) is 12.8 Å². The van der Waals surface area contributed by atoms with Gasteiger partial charge in [-0.2, -0.15) is 0 Å². The summed E-state index contributed by atoms with van der Waals surface area (Å²) in [6, 6.07) is 0. The summed E-state index contributed by atoms with van der Waals surface area (Å²) >= 11 is 0. The number of imidazole rings is 1. The van der Waals surface area contributed by atoms with Gasteiger partial charge in [0.05, 0.1) is 12.6 Å². The Hall–Kier alpha value is -0.830. The van der Waals surface area contributed by atoms with E-state index in [1.165, 1.54) is 64.2 Å². The summed E-state index contributed by atoms with van der Waals surface area (Å²) in [5.74, 6) is 2.25. The van der Waals surface area contributed by atoms with E-state index in [-0.39, 0.29) is 0 Å². The van der Waals surface area contributed by atoms with Crippen molar-refractivity contribution in [2.75, 3.05) is 0 Å². The fraction of sp³-hybridized carbons (Fsp3) is 0.870. The Morgan fingerprint density at radius 1 is 1.08 bits per heavy atom. The SMILES string of the molecule is CCCCCCCCCn1cc[n+](CO[C@@H]2C[C@H](C)CC[C@H]2C(C)C)c1. The first-order valence-corrected chi connectivity index (χ1v) is 11.3. The number of hydrogen-bond acceptors (Lipinski definition) is 1. The smallest absolute Gasteiger partial charge is 0.245 e. The van der Waals surface area contributed by atoms with Crippen molar-refractivity contribution in [2.24, 2.45) is 17.8 Å². The van der Waals surface area contributed by atoms with Crippen molar-refractivity contribution in [1.82, 2.24) is 4.57 Å². The standard InChI is InChI=1S/C23H43N2O/c1-5-6-7-8-9-10-11-14-24-15-16-25(18-24)19-26-23-17-21(4)12-13-22(23)20(2)3/h15-16,18,20-23H,5-14,17,19H2,1-4H3/q+1/t21-,22+,23-/m1/s1. The molecule has 0 radical (unpaired) electrons. The van der Waals surface area contributed by atoms with E-state index in [4.69, 9.17) is 4.74 Å².